The molecule has 0 bridgehead atoms. The number of alkyl halides is 3. The molecule has 2 amide bonds. The van der Waals surface area contributed by atoms with Crippen molar-refractivity contribution in [3.8, 4) is 11.5 Å². The summed E-state index contributed by atoms with van der Waals surface area (Å²) in [6.45, 7) is -0.388. The average Bonchev–Trinajstić information content (AvgIpc) is 3.44. The molecule has 1 aromatic carbocycles. The topological polar surface area (TPSA) is 67.9 Å². The van der Waals surface area contributed by atoms with Crippen LogP contribution in [0.2, 0.25) is 0 Å². The molecular formula is C22H23F3N2O4S. The molecule has 1 unspecified atom stereocenters. The van der Waals surface area contributed by atoms with Gasteiger partial charge in [-0.15, -0.1) is 11.3 Å². The van der Waals surface area contributed by atoms with Gasteiger partial charge in [0.1, 0.15) is 6.04 Å². The Kier molecular flexibility index (Phi) is 6.59. The highest BCUT2D eigenvalue weighted by Crippen LogP contribution is 2.36. The quantitative estimate of drug-likeness (QED) is 0.675. The Bertz CT molecular complexity index is 959. The number of carbonyl (C=O) groups excluding carboxylic acids is 2. The number of carbonyl (C=O) groups is 2. The van der Waals surface area contributed by atoms with Crippen molar-refractivity contribution in [1.82, 2.24) is 10.2 Å². The van der Waals surface area contributed by atoms with E-state index in [0.717, 1.165) is 43.4 Å². The third kappa shape index (κ3) is 5.01. The van der Waals surface area contributed by atoms with Gasteiger partial charge in [-0.2, -0.15) is 13.2 Å². The number of halogens is 3. The lowest BCUT2D eigenvalue weighted by atomic mass is 9.95. The second kappa shape index (κ2) is 9.40. The molecule has 10 heteroatoms. The summed E-state index contributed by atoms with van der Waals surface area (Å²) in [5.74, 6) is -1.79. The molecule has 172 valence electrons. The van der Waals surface area contributed by atoms with Crippen LogP contribution in [0.4, 0.5) is 13.2 Å². The molecule has 1 fully saturated rings. The van der Waals surface area contributed by atoms with Gasteiger partial charge in [0, 0.05) is 17.5 Å². The Morgan fingerprint density at radius 1 is 1.12 bits per heavy atom. The Balaban J connectivity index is 1.66. The van der Waals surface area contributed by atoms with Crippen molar-refractivity contribution < 1.29 is 32.2 Å². The van der Waals surface area contributed by atoms with E-state index in [-0.39, 0.29) is 12.8 Å². The molecule has 4 rings (SSSR count). The number of thiophene rings is 1. The standard InChI is InChI=1S/C22H23F3N2O4S/c23-22(24,25)21(29)27(12-14-8-9-16-17(11-14)31-13-30-16)19(18-7-4-10-32-18)20(28)26-15-5-2-1-3-6-15/h4,7-11,15,19H,1-3,5-6,12-13H2,(H,26,28). The molecule has 1 aliphatic carbocycles. The molecule has 1 aliphatic heterocycles. The Morgan fingerprint density at radius 3 is 2.56 bits per heavy atom. The second-order valence-electron chi connectivity index (χ2n) is 7.88. The maximum atomic E-state index is 13.6. The average molecular weight is 468 g/mol. The molecule has 1 saturated carbocycles. The summed E-state index contributed by atoms with van der Waals surface area (Å²) in [4.78, 5) is 26.7. The van der Waals surface area contributed by atoms with Crippen LogP contribution in [-0.2, 0) is 16.1 Å². The number of ether oxygens (including phenoxy) is 2. The summed E-state index contributed by atoms with van der Waals surface area (Å²) >= 11 is 1.14. The van der Waals surface area contributed by atoms with E-state index in [9.17, 15) is 22.8 Å². The minimum atomic E-state index is -5.13. The maximum Gasteiger partial charge on any atom is 0.471 e. The van der Waals surface area contributed by atoms with Crippen LogP contribution in [0.15, 0.2) is 35.7 Å². The number of nitrogens with one attached hydrogen (secondary N) is 1. The zero-order valence-corrected chi connectivity index (χ0v) is 18.0. The van der Waals surface area contributed by atoms with Crippen molar-refractivity contribution in [1.29, 1.82) is 0 Å². The smallest absolute Gasteiger partial charge is 0.454 e. The minimum Gasteiger partial charge on any atom is -0.454 e. The van der Waals surface area contributed by atoms with Crippen LogP contribution < -0.4 is 14.8 Å². The predicted octanol–water partition coefficient (Wildman–Crippen LogP) is 4.56. The summed E-state index contributed by atoms with van der Waals surface area (Å²) < 4.78 is 51.3. The van der Waals surface area contributed by atoms with Crippen LogP contribution in [0.5, 0.6) is 11.5 Å². The highest BCUT2D eigenvalue weighted by Gasteiger charge is 2.47. The number of hydrogen-bond donors (Lipinski definition) is 1. The lowest BCUT2D eigenvalue weighted by Gasteiger charge is -2.33. The van der Waals surface area contributed by atoms with Gasteiger partial charge in [-0.1, -0.05) is 31.4 Å². The number of hydrogen-bond acceptors (Lipinski definition) is 5. The van der Waals surface area contributed by atoms with Gasteiger partial charge in [-0.25, -0.2) is 0 Å². The van der Waals surface area contributed by atoms with Crippen LogP contribution in [0.3, 0.4) is 0 Å². The fourth-order valence-corrected chi connectivity index (χ4v) is 4.91. The van der Waals surface area contributed by atoms with Gasteiger partial charge in [0.25, 0.3) is 0 Å². The molecule has 0 spiro atoms. The molecule has 1 aromatic heterocycles. The summed E-state index contributed by atoms with van der Waals surface area (Å²) in [5, 5.41) is 4.56. The maximum absolute atomic E-state index is 13.6. The van der Waals surface area contributed by atoms with Gasteiger partial charge in [-0.3, -0.25) is 9.59 Å². The summed E-state index contributed by atoms with van der Waals surface area (Å²) in [7, 11) is 0. The van der Waals surface area contributed by atoms with Crippen molar-refractivity contribution in [2.45, 2.75) is 56.9 Å². The van der Waals surface area contributed by atoms with Crippen LogP contribution in [0.25, 0.3) is 0 Å². The van der Waals surface area contributed by atoms with E-state index in [2.05, 4.69) is 5.32 Å². The van der Waals surface area contributed by atoms with Crippen LogP contribution in [0, 0.1) is 0 Å². The van der Waals surface area contributed by atoms with E-state index in [1.54, 1.807) is 29.6 Å². The molecule has 1 N–H and O–H groups in total. The van der Waals surface area contributed by atoms with E-state index in [4.69, 9.17) is 9.47 Å². The molecule has 2 aliphatic rings. The molecule has 0 radical (unpaired) electrons. The Hall–Kier alpha value is -2.75. The molecular weight excluding hydrogens is 445 g/mol. The molecule has 2 heterocycles. The number of rotatable bonds is 6. The van der Waals surface area contributed by atoms with Crippen molar-refractivity contribution >= 4 is 23.2 Å². The SMILES string of the molecule is O=C(NC1CCCCC1)C(c1cccs1)N(Cc1ccc2c(c1)OCO2)C(=O)C(F)(F)F. The monoisotopic (exact) mass is 468 g/mol. The number of nitrogens with zero attached hydrogens (tertiary/aromatic N) is 1. The number of fused-ring (bicyclic) bond motifs is 1. The van der Waals surface area contributed by atoms with E-state index >= 15 is 0 Å². The first kappa shape index (κ1) is 22.4. The van der Waals surface area contributed by atoms with Gasteiger partial charge in [0.05, 0.1) is 0 Å². The fourth-order valence-electron chi connectivity index (χ4n) is 4.08. The van der Waals surface area contributed by atoms with Crippen molar-refractivity contribution in [3.05, 3.63) is 46.2 Å². The van der Waals surface area contributed by atoms with Gasteiger partial charge in [0.2, 0.25) is 12.7 Å². The third-order valence-electron chi connectivity index (χ3n) is 5.62. The lowest BCUT2D eigenvalue weighted by molar-refractivity contribution is -0.189. The van der Waals surface area contributed by atoms with Crippen molar-refractivity contribution in [2.24, 2.45) is 0 Å². The largest absolute Gasteiger partial charge is 0.471 e. The summed E-state index contributed by atoms with van der Waals surface area (Å²) in [6, 6.07) is 6.40. The highest BCUT2D eigenvalue weighted by molar-refractivity contribution is 7.10. The Labute approximate surface area is 187 Å². The molecule has 32 heavy (non-hydrogen) atoms. The molecule has 6 nitrogen and oxygen atoms in total. The van der Waals surface area contributed by atoms with Crippen LogP contribution in [-0.4, -0.2) is 35.7 Å². The van der Waals surface area contributed by atoms with Crippen molar-refractivity contribution in [2.75, 3.05) is 6.79 Å². The van der Waals surface area contributed by atoms with E-state index in [1.165, 1.54) is 6.07 Å². The van der Waals surface area contributed by atoms with E-state index in [0.29, 0.717) is 26.8 Å². The zero-order chi connectivity index (χ0) is 22.7. The normalized spacial score (nSPS) is 17.1. The van der Waals surface area contributed by atoms with Crippen molar-refractivity contribution in [3.63, 3.8) is 0 Å². The van der Waals surface area contributed by atoms with Gasteiger partial charge >= 0.3 is 12.1 Å². The Morgan fingerprint density at radius 2 is 1.88 bits per heavy atom. The number of benzene rings is 1. The molecule has 0 saturated heterocycles. The third-order valence-corrected chi connectivity index (χ3v) is 6.54. The van der Waals surface area contributed by atoms with Crippen LogP contribution >= 0.6 is 11.3 Å². The summed E-state index contributed by atoms with van der Waals surface area (Å²) in [5.41, 5.74) is 0.402. The zero-order valence-electron chi connectivity index (χ0n) is 17.2. The van der Waals surface area contributed by atoms with Gasteiger partial charge < -0.3 is 19.7 Å². The first-order chi connectivity index (χ1) is 15.3. The van der Waals surface area contributed by atoms with Crippen LogP contribution in [0.1, 0.15) is 48.6 Å². The summed E-state index contributed by atoms with van der Waals surface area (Å²) in [6.07, 6.45) is -0.592. The lowest BCUT2D eigenvalue weighted by Crippen LogP contribution is -2.49. The fraction of sp³-hybridized carbons (Fsp3) is 0.455. The van der Waals surface area contributed by atoms with E-state index < -0.39 is 30.6 Å². The highest BCUT2D eigenvalue weighted by atomic mass is 32.1. The first-order valence-electron chi connectivity index (χ1n) is 10.4. The van der Waals surface area contributed by atoms with Gasteiger partial charge in [-0.05, 0) is 42.0 Å². The van der Waals surface area contributed by atoms with Gasteiger partial charge in [0.15, 0.2) is 11.5 Å². The first-order valence-corrected chi connectivity index (χ1v) is 11.3. The minimum absolute atomic E-state index is 0.0194. The predicted molar refractivity (Wildman–Crippen MR) is 111 cm³/mol. The number of amides is 2. The second-order valence-corrected chi connectivity index (χ2v) is 8.86. The molecule has 2 aromatic rings. The van der Waals surface area contributed by atoms with E-state index in [1.807, 2.05) is 0 Å². The molecule has 1 atom stereocenters.